The summed E-state index contributed by atoms with van der Waals surface area (Å²) in [5, 5.41) is 3.81. The molecule has 2 heteroatoms. The number of fused-ring (bicyclic) bond motifs is 1. The van der Waals surface area contributed by atoms with E-state index in [2.05, 4.69) is 51.8 Å². The van der Waals surface area contributed by atoms with E-state index < -0.39 is 0 Å². The second-order valence-corrected chi connectivity index (χ2v) is 8.50. The van der Waals surface area contributed by atoms with Gasteiger partial charge < -0.3 is 5.32 Å². The zero-order valence-electron chi connectivity index (χ0n) is 13.2. The molecule has 0 aromatic heterocycles. The number of hydrogen-bond donors (Lipinski definition) is 1. The SMILES string of the molecule is CC(C)(C)NC1CCC2CN(C(C)(C)C)CC2C1. The molecule has 3 unspecified atom stereocenters. The van der Waals surface area contributed by atoms with Gasteiger partial charge in [0.25, 0.3) is 0 Å². The Kier molecular flexibility index (Phi) is 3.81. The fourth-order valence-electron chi connectivity index (χ4n) is 3.72. The predicted molar refractivity (Wildman–Crippen MR) is 78.8 cm³/mol. The van der Waals surface area contributed by atoms with E-state index in [0.29, 0.717) is 5.54 Å². The molecule has 0 aromatic rings. The minimum absolute atomic E-state index is 0.264. The fraction of sp³-hybridized carbons (Fsp3) is 1.00. The number of nitrogens with zero attached hydrogens (tertiary/aromatic N) is 1. The second kappa shape index (κ2) is 4.79. The number of nitrogens with one attached hydrogen (secondary N) is 1. The molecule has 2 aliphatic rings. The molecule has 1 aliphatic heterocycles. The Morgan fingerprint density at radius 3 is 2.06 bits per heavy atom. The van der Waals surface area contributed by atoms with Crippen molar-refractivity contribution in [3.05, 3.63) is 0 Å². The molecule has 1 saturated heterocycles. The van der Waals surface area contributed by atoms with Crippen molar-refractivity contribution in [1.82, 2.24) is 10.2 Å². The van der Waals surface area contributed by atoms with Crippen LogP contribution in [0.5, 0.6) is 0 Å². The molecular formula is C16H32N2. The lowest BCUT2D eigenvalue weighted by Gasteiger charge is -2.36. The average molecular weight is 252 g/mol. The van der Waals surface area contributed by atoms with Crippen molar-refractivity contribution in [3.63, 3.8) is 0 Å². The van der Waals surface area contributed by atoms with E-state index in [0.717, 1.165) is 17.9 Å². The van der Waals surface area contributed by atoms with Crippen molar-refractivity contribution in [3.8, 4) is 0 Å². The Morgan fingerprint density at radius 1 is 0.889 bits per heavy atom. The highest BCUT2D eigenvalue weighted by molar-refractivity contribution is 4.96. The standard InChI is InChI=1S/C16H32N2/c1-15(2,3)17-14-8-7-12-10-18(16(4,5)6)11-13(12)9-14/h12-14,17H,7-11H2,1-6H3. The first-order valence-corrected chi connectivity index (χ1v) is 7.68. The monoisotopic (exact) mass is 252 g/mol. The summed E-state index contributed by atoms with van der Waals surface area (Å²) in [7, 11) is 0. The van der Waals surface area contributed by atoms with Crippen LogP contribution in [0.3, 0.4) is 0 Å². The van der Waals surface area contributed by atoms with Crippen LogP contribution in [0.25, 0.3) is 0 Å². The summed E-state index contributed by atoms with van der Waals surface area (Å²) >= 11 is 0. The molecule has 0 aromatic carbocycles. The van der Waals surface area contributed by atoms with Crippen molar-refractivity contribution in [2.75, 3.05) is 13.1 Å². The van der Waals surface area contributed by atoms with Gasteiger partial charge in [-0.15, -0.1) is 0 Å². The highest BCUT2D eigenvalue weighted by atomic mass is 15.2. The fourth-order valence-corrected chi connectivity index (χ4v) is 3.72. The van der Waals surface area contributed by atoms with Crippen LogP contribution in [0, 0.1) is 11.8 Å². The molecular weight excluding hydrogens is 220 g/mol. The first-order valence-electron chi connectivity index (χ1n) is 7.68. The summed E-state index contributed by atoms with van der Waals surface area (Å²) in [5.74, 6) is 1.89. The molecule has 2 rings (SSSR count). The molecule has 0 amide bonds. The van der Waals surface area contributed by atoms with E-state index in [1.54, 1.807) is 0 Å². The molecule has 0 radical (unpaired) electrons. The van der Waals surface area contributed by atoms with E-state index >= 15 is 0 Å². The first-order chi connectivity index (χ1) is 8.15. The van der Waals surface area contributed by atoms with Crippen molar-refractivity contribution >= 4 is 0 Å². The van der Waals surface area contributed by atoms with E-state index in [1.165, 1.54) is 32.4 Å². The van der Waals surface area contributed by atoms with E-state index in [-0.39, 0.29) is 5.54 Å². The molecule has 3 atom stereocenters. The molecule has 0 spiro atoms. The van der Waals surface area contributed by atoms with Gasteiger partial charge >= 0.3 is 0 Å². The normalized spacial score (nSPS) is 34.7. The van der Waals surface area contributed by atoms with E-state index in [4.69, 9.17) is 0 Å². The van der Waals surface area contributed by atoms with Gasteiger partial charge in [0.15, 0.2) is 0 Å². The Labute approximate surface area is 114 Å². The molecule has 1 heterocycles. The Bertz CT molecular complexity index is 284. The van der Waals surface area contributed by atoms with Crippen LogP contribution in [0.1, 0.15) is 60.8 Å². The van der Waals surface area contributed by atoms with E-state index in [9.17, 15) is 0 Å². The third-order valence-corrected chi connectivity index (χ3v) is 4.64. The van der Waals surface area contributed by atoms with Crippen LogP contribution < -0.4 is 5.32 Å². The average Bonchev–Trinajstić information content (AvgIpc) is 2.57. The maximum Gasteiger partial charge on any atom is 0.0125 e. The van der Waals surface area contributed by atoms with Gasteiger partial charge in [-0.25, -0.2) is 0 Å². The van der Waals surface area contributed by atoms with Gasteiger partial charge in [-0.3, -0.25) is 4.90 Å². The minimum atomic E-state index is 0.264. The summed E-state index contributed by atoms with van der Waals surface area (Å²) in [6.45, 7) is 16.6. The van der Waals surface area contributed by atoms with Gasteiger partial charge in [0.05, 0.1) is 0 Å². The number of likely N-dealkylation sites (tertiary alicyclic amines) is 1. The van der Waals surface area contributed by atoms with Crippen LogP contribution in [0.4, 0.5) is 0 Å². The Morgan fingerprint density at radius 2 is 1.50 bits per heavy atom. The van der Waals surface area contributed by atoms with Crippen molar-refractivity contribution in [2.45, 2.75) is 77.9 Å². The molecule has 1 aliphatic carbocycles. The molecule has 1 saturated carbocycles. The summed E-state index contributed by atoms with van der Waals surface area (Å²) in [5.41, 5.74) is 0.615. The van der Waals surface area contributed by atoms with Gasteiger partial charge in [0.1, 0.15) is 0 Å². The lowest BCUT2D eigenvalue weighted by molar-refractivity contribution is 0.165. The zero-order chi connectivity index (χ0) is 13.6. The molecule has 1 N–H and O–H groups in total. The maximum absolute atomic E-state index is 3.81. The van der Waals surface area contributed by atoms with Crippen LogP contribution in [0.15, 0.2) is 0 Å². The summed E-state index contributed by atoms with van der Waals surface area (Å²) in [6.07, 6.45) is 4.18. The van der Waals surface area contributed by atoms with Gasteiger partial charge in [-0.2, -0.15) is 0 Å². The maximum atomic E-state index is 3.81. The molecule has 2 fully saturated rings. The number of rotatable bonds is 1. The first kappa shape index (κ1) is 14.3. The lowest BCUT2D eigenvalue weighted by Crippen LogP contribution is -2.47. The molecule has 0 bridgehead atoms. The number of hydrogen-bond acceptors (Lipinski definition) is 2. The Balaban J connectivity index is 1.91. The molecule has 106 valence electrons. The Hall–Kier alpha value is -0.0800. The van der Waals surface area contributed by atoms with Gasteiger partial charge in [-0.05, 0) is 72.6 Å². The van der Waals surface area contributed by atoms with Crippen LogP contribution in [0.2, 0.25) is 0 Å². The third kappa shape index (κ3) is 3.48. The second-order valence-electron chi connectivity index (χ2n) is 8.50. The summed E-state index contributed by atoms with van der Waals surface area (Å²) < 4.78 is 0. The van der Waals surface area contributed by atoms with Crippen molar-refractivity contribution in [1.29, 1.82) is 0 Å². The van der Waals surface area contributed by atoms with Crippen LogP contribution >= 0.6 is 0 Å². The largest absolute Gasteiger partial charge is 0.309 e. The highest BCUT2D eigenvalue weighted by Gasteiger charge is 2.41. The zero-order valence-corrected chi connectivity index (χ0v) is 13.2. The van der Waals surface area contributed by atoms with Crippen LogP contribution in [-0.2, 0) is 0 Å². The van der Waals surface area contributed by atoms with E-state index in [1.807, 2.05) is 0 Å². The topological polar surface area (TPSA) is 15.3 Å². The molecule has 18 heavy (non-hydrogen) atoms. The van der Waals surface area contributed by atoms with Gasteiger partial charge in [-0.1, -0.05) is 0 Å². The quantitative estimate of drug-likeness (QED) is 0.770. The van der Waals surface area contributed by atoms with Crippen molar-refractivity contribution < 1.29 is 0 Å². The summed E-state index contributed by atoms with van der Waals surface area (Å²) in [6, 6.07) is 0.742. The predicted octanol–water partition coefficient (Wildman–Crippen LogP) is 3.27. The highest BCUT2D eigenvalue weighted by Crippen LogP contribution is 2.39. The van der Waals surface area contributed by atoms with Crippen LogP contribution in [-0.4, -0.2) is 35.1 Å². The van der Waals surface area contributed by atoms with Crippen molar-refractivity contribution in [2.24, 2.45) is 11.8 Å². The lowest BCUT2D eigenvalue weighted by atomic mass is 9.78. The molecule has 2 nitrogen and oxygen atoms in total. The van der Waals surface area contributed by atoms with Gasteiger partial charge in [0, 0.05) is 30.2 Å². The third-order valence-electron chi connectivity index (χ3n) is 4.64. The smallest absolute Gasteiger partial charge is 0.0125 e. The summed E-state index contributed by atoms with van der Waals surface area (Å²) in [4.78, 5) is 2.70. The minimum Gasteiger partial charge on any atom is -0.309 e. The van der Waals surface area contributed by atoms with Gasteiger partial charge in [0.2, 0.25) is 0 Å².